The van der Waals surface area contributed by atoms with Crippen LogP contribution in [0.3, 0.4) is 0 Å². The van der Waals surface area contributed by atoms with E-state index in [1.807, 2.05) is 11.9 Å². The maximum Gasteiger partial charge on any atom is 0.305 e. The van der Waals surface area contributed by atoms with Crippen LogP contribution in [-0.2, 0) is 4.79 Å². The fraction of sp³-hybridized carbons (Fsp3) is 0.533. The molecule has 1 heterocycles. The lowest BCUT2D eigenvalue weighted by Crippen LogP contribution is -2.50. The summed E-state index contributed by atoms with van der Waals surface area (Å²) in [6, 6.07) is 3.28. The van der Waals surface area contributed by atoms with Crippen molar-refractivity contribution in [1.82, 2.24) is 4.98 Å². The third-order valence-electron chi connectivity index (χ3n) is 4.35. The van der Waals surface area contributed by atoms with E-state index >= 15 is 0 Å². The SMILES string of the molecule is CN(c1ncccc1C(N)=O)C1(CC(=O)O)CCCCC1. The van der Waals surface area contributed by atoms with Crippen molar-refractivity contribution in [1.29, 1.82) is 0 Å². The van der Waals surface area contributed by atoms with Crippen molar-refractivity contribution in [2.45, 2.75) is 44.1 Å². The number of anilines is 1. The largest absolute Gasteiger partial charge is 0.481 e. The highest BCUT2D eigenvalue weighted by atomic mass is 16.4. The molecular formula is C15H21N3O3. The number of carboxylic acid groups (broad SMARTS) is 1. The number of amides is 1. The van der Waals surface area contributed by atoms with Gasteiger partial charge in [-0.25, -0.2) is 4.98 Å². The monoisotopic (exact) mass is 291 g/mol. The first-order valence-corrected chi connectivity index (χ1v) is 7.17. The van der Waals surface area contributed by atoms with Crippen molar-refractivity contribution in [3.8, 4) is 0 Å². The van der Waals surface area contributed by atoms with E-state index in [0.29, 0.717) is 11.4 Å². The van der Waals surface area contributed by atoms with E-state index in [1.54, 1.807) is 18.3 Å². The minimum Gasteiger partial charge on any atom is -0.481 e. The van der Waals surface area contributed by atoms with Crippen molar-refractivity contribution in [2.75, 3.05) is 11.9 Å². The molecule has 0 aliphatic heterocycles. The Hall–Kier alpha value is -2.11. The third kappa shape index (κ3) is 3.15. The summed E-state index contributed by atoms with van der Waals surface area (Å²) in [6.07, 6.45) is 6.27. The average molecular weight is 291 g/mol. The van der Waals surface area contributed by atoms with Crippen LogP contribution < -0.4 is 10.6 Å². The van der Waals surface area contributed by atoms with Crippen molar-refractivity contribution in [3.63, 3.8) is 0 Å². The summed E-state index contributed by atoms with van der Waals surface area (Å²) in [5.74, 6) is -0.917. The molecule has 0 spiro atoms. The summed E-state index contributed by atoms with van der Waals surface area (Å²) < 4.78 is 0. The van der Waals surface area contributed by atoms with Crippen LogP contribution in [0.25, 0.3) is 0 Å². The Morgan fingerprint density at radius 1 is 1.38 bits per heavy atom. The predicted octanol–water partition coefficient (Wildman–Crippen LogP) is 1.79. The minimum atomic E-state index is -0.833. The van der Waals surface area contributed by atoms with Crippen molar-refractivity contribution < 1.29 is 14.7 Å². The number of aliphatic carboxylic acids is 1. The molecule has 114 valence electrons. The highest BCUT2D eigenvalue weighted by Crippen LogP contribution is 2.38. The number of nitrogens with two attached hydrogens (primary N) is 1. The summed E-state index contributed by atoms with van der Waals surface area (Å²) >= 11 is 0. The number of carbonyl (C=O) groups excluding carboxylic acids is 1. The minimum absolute atomic E-state index is 0.0400. The van der Waals surface area contributed by atoms with Crippen LogP contribution in [-0.4, -0.2) is 34.6 Å². The molecule has 3 N–H and O–H groups in total. The number of pyridine rings is 1. The summed E-state index contributed by atoms with van der Waals surface area (Å²) in [4.78, 5) is 29.0. The van der Waals surface area contributed by atoms with E-state index in [9.17, 15) is 14.7 Å². The van der Waals surface area contributed by atoms with Gasteiger partial charge in [-0.1, -0.05) is 19.3 Å². The van der Waals surface area contributed by atoms with Crippen LogP contribution >= 0.6 is 0 Å². The Morgan fingerprint density at radius 2 is 2.05 bits per heavy atom. The quantitative estimate of drug-likeness (QED) is 0.862. The molecule has 6 heteroatoms. The lowest BCUT2D eigenvalue weighted by molar-refractivity contribution is -0.138. The highest BCUT2D eigenvalue weighted by Gasteiger charge is 2.39. The smallest absolute Gasteiger partial charge is 0.305 e. The summed E-state index contributed by atoms with van der Waals surface area (Å²) in [6.45, 7) is 0. The molecule has 21 heavy (non-hydrogen) atoms. The lowest BCUT2D eigenvalue weighted by Gasteiger charge is -2.45. The molecule has 1 amide bonds. The molecule has 1 fully saturated rings. The van der Waals surface area contributed by atoms with Gasteiger partial charge in [0, 0.05) is 13.2 Å². The molecular weight excluding hydrogens is 270 g/mol. The molecule has 6 nitrogen and oxygen atoms in total. The van der Waals surface area contributed by atoms with Gasteiger partial charge in [-0.3, -0.25) is 9.59 Å². The summed E-state index contributed by atoms with van der Waals surface area (Å²) in [5, 5.41) is 9.27. The second-order valence-corrected chi connectivity index (χ2v) is 5.65. The second kappa shape index (κ2) is 6.11. The van der Waals surface area contributed by atoms with Gasteiger partial charge < -0.3 is 15.7 Å². The Bertz CT molecular complexity index is 539. The number of rotatable bonds is 5. The topological polar surface area (TPSA) is 96.5 Å². The standard InChI is InChI=1S/C15H21N3O3/c1-18(14-11(13(16)21)6-5-9-17-14)15(10-12(19)20)7-3-2-4-8-15/h5-6,9H,2-4,7-8,10H2,1H3,(H2,16,21)(H,19,20). The first-order chi connectivity index (χ1) is 9.96. The average Bonchev–Trinajstić information content (AvgIpc) is 2.46. The number of carboxylic acids is 1. The number of aromatic nitrogens is 1. The highest BCUT2D eigenvalue weighted by molar-refractivity contribution is 5.97. The van der Waals surface area contributed by atoms with Crippen LogP contribution in [0.2, 0.25) is 0 Å². The van der Waals surface area contributed by atoms with Crippen molar-refractivity contribution in [3.05, 3.63) is 23.9 Å². The molecule has 0 radical (unpaired) electrons. The van der Waals surface area contributed by atoms with Gasteiger partial charge in [-0.05, 0) is 25.0 Å². The second-order valence-electron chi connectivity index (χ2n) is 5.65. The zero-order chi connectivity index (χ0) is 15.5. The van der Waals surface area contributed by atoms with Gasteiger partial charge in [0.25, 0.3) is 5.91 Å². The molecule has 1 aromatic heterocycles. The molecule has 1 aliphatic rings. The van der Waals surface area contributed by atoms with E-state index in [-0.39, 0.29) is 6.42 Å². The van der Waals surface area contributed by atoms with Crippen molar-refractivity contribution >= 4 is 17.7 Å². The predicted molar refractivity (Wildman–Crippen MR) is 79.2 cm³/mol. The molecule has 0 atom stereocenters. The fourth-order valence-electron chi connectivity index (χ4n) is 3.20. The fourth-order valence-corrected chi connectivity index (χ4v) is 3.20. The van der Waals surface area contributed by atoms with Crippen LogP contribution in [0.1, 0.15) is 48.9 Å². The molecule has 0 saturated heterocycles. The Kier molecular flexibility index (Phi) is 4.45. The van der Waals surface area contributed by atoms with Crippen molar-refractivity contribution in [2.24, 2.45) is 5.73 Å². The van der Waals surface area contributed by atoms with E-state index < -0.39 is 17.4 Å². The molecule has 1 aliphatic carbocycles. The number of primary amides is 1. The Balaban J connectivity index is 2.40. The van der Waals surface area contributed by atoms with Gasteiger partial charge in [0.1, 0.15) is 5.82 Å². The molecule has 0 aromatic carbocycles. The van der Waals surface area contributed by atoms with E-state index in [2.05, 4.69) is 4.98 Å². The van der Waals surface area contributed by atoms with E-state index in [4.69, 9.17) is 5.73 Å². The molecule has 0 unspecified atom stereocenters. The van der Waals surface area contributed by atoms with Gasteiger partial charge >= 0.3 is 5.97 Å². The molecule has 2 rings (SSSR count). The summed E-state index contributed by atoms with van der Waals surface area (Å²) in [7, 11) is 1.81. The number of nitrogens with zero attached hydrogens (tertiary/aromatic N) is 2. The molecule has 1 aromatic rings. The maximum absolute atomic E-state index is 11.6. The zero-order valence-corrected chi connectivity index (χ0v) is 12.2. The number of hydrogen-bond acceptors (Lipinski definition) is 4. The first-order valence-electron chi connectivity index (χ1n) is 7.17. The van der Waals surface area contributed by atoms with Gasteiger partial charge in [0.05, 0.1) is 17.5 Å². The normalized spacial score (nSPS) is 17.2. The maximum atomic E-state index is 11.6. The van der Waals surface area contributed by atoms with E-state index in [1.165, 1.54) is 0 Å². The molecule has 0 bridgehead atoms. The van der Waals surface area contributed by atoms with Gasteiger partial charge in [-0.15, -0.1) is 0 Å². The van der Waals surface area contributed by atoms with Gasteiger partial charge in [0.15, 0.2) is 0 Å². The van der Waals surface area contributed by atoms with Gasteiger partial charge in [-0.2, -0.15) is 0 Å². The summed E-state index contributed by atoms with van der Waals surface area (Å²) in [5.41, 5.74) is 5.24. The van der Waals surface area contributed by atoms with Crippen LogP contribution in [0.4, 0.5) is 5.82 Å². The van der Waals surface area contributed by atoms with E-state index in [0.717, 1.165) is 32.1 Å². The van der Waals surface area contributed by atoms with Crippen LogP contribution in [0.15, 0.2) is 18.3 Å². The van der Waals surface area contributed by atoms with Crippen LogP contribution in [0.5, 0.6) is 0 Å². The Morgan fingerprint density at radius 3 is 2.62 bits per heavy atom. The lowest BCUT2D eigenvalue weighted by atomic mass is 9.78. The third-order valence-corrected chi connectivity index (χ3v) is 4.35. The number of hydrogen-bond donors (Lipinski definition) is 2. The Labute approximate surface area is 124 Å². The zero-order valence-electron chi connectivity index (χ0n) is 12.2. The molecule has 1 saturated carbocycles. The van der Waals surface area contributed by atoms with Crippen LogP contribution in [0, 0.1) is 0 Å². The van der Waals surface area contributed by atoms with Gasteiger partial charge in [0.2, 0.25) is 0 Å². The number of carbonyl (C=O) groups is 2. The first kappa shape index (κ1) is 15.3.